The summed E-state index contributed by atoms with van der Waals surface area (Å²) in [5.74, 6) is 0.443. The molecule has 1 aromatic heterocycles. The van der Waals surface area contributed by atoms with Crippen molar-refractivity contribution in [2.24, 2.45) is 0 Å². The number of hydrogen-bond donors (Lipinski definition) is 2. The number of aromatic nitrogens is 1. The molecule has 1 aliphatic heterocycles. The molecule has 0 saturated carbocycles. The van der Waals surface area contributed by atoms with Gasteiger partial charge < -0.3 is 15.0 Å². The first-order valence-electron chi connectivity index (χ1n) is 5.86. The highest BCUT2D eigenvalue weighted by Gasteiger charge is 2.24. The number of carbonyl (C=O) groups is 1. The fourth-order valence-corrected chi connectivity index (χ4v) is 2.21. The van der Waals surface area contributed by atoms with Gasteiger partial charge in [0.2, 0.25) is 0 Å². The molecule has 17 heavy (non-hydrogen) atoms. The number of ether oxygens (including phenoxy) is 1. The van der Waals surface area contributed by atoms with Crippen molar-refractivity contribution in [1.82, 2.24) is 10.3 Å². The molecule has 0 unspecified atom stereocenters. The predicted octanol–water partition coefficient (Wildman–Crippen LogP) is 1.83. The highest BCUT2D eigenvalue weighted by atomic mass is 16.5. The van der Waals surface area contributed by atoms with Crippen LogP contribution in [0.25, 0.3) is 10.9 Å². The van der Waals surface area contributed by atoms with Crippen molar-refractivity contribution in [2.75, 3.05) is 6.54 Å². The number of rotatable bonds is 2. The van der Waals surface area contributed by atoms with Crippen LogP contribution in [0.2, 0.25) is 0 Å². The third-order valence-corrected chi connectivity index (χ3v) is 3.11. The van der Waals surface area contributed by atoms with E-state index in [1.54, 1.807) is 0 Å². The van der Waals surface area contributed by atoms with Crippen molar-refractivity contribution in [3.63, 3.8) is 0 Å². The summed E-state index contributed by atoms with van der Waals surface area (Å²) in [4.78, 5) is 15.0. The molecule has 1 aromatic carbocycles. The second-order valence-electron chi connectivity index (χ2n) is 4.27. The first kappa shape index (κ1) is 10.4. The minimum Gasteiger partial charge on any atom is -0.425 e. The van der Waals surface area contributed by atoms with Crippen molar-refractivity contribution in [2.45, 2.75) is 18.9 Å². The summed E-state index contributed by atoms with van der Waals surface area (Å²) in [6, 6.07) is 7.43. The van der Waals surface area contributed by atoms with Gasteiger partial charge in [-0.25, -0.2) is 4.79 Å². The summed E-state index contributed by atoms with van der Waals surface area (Å²) in [5, 5.41) is 4.08. The van der Waals surface area contributed by atoms with Gasteiger partial charge in [-0.1, -0.05) is 6.07 Å². The molecule has 1 fully saturated rings. The van der Waals surface area contributed by atoms with Crippen LogP contribution in [0, 0.1) is 0 Å². The van der Waals surface area contributed by atoms with Crippen LogP contribution >= 0.6 is 0 Å². The van der Waals surface area contributed by atoms with Gasteiger partial charge in [0.15, 0.2) is 0 Å². The van der Waals surface area contributed by atoms with Crippen LogP contribution in [0.1, 0.15) is 12.8 Å². The van der Waals surface area contributed by atoms with Crippen molar-refractivity contribution in [3.8, 4) is 5.75 Å². The van der Waals surface area contributed by atoms with Crippen molar-refractivity contribution >= 4 is 16.9 Å². The van der Waals surface area contributed by atoms with Gasteiger partial charge in [0.05, 0.1) is 0 Å². The molecule has 2 aromatic rings. The summed E-state index contributed by atoms with van der Waals surface area (Å²) >= 11 is 0. The molecule has 1 saturated heterocycles. The van der Waals surface area contributed by atoms with Crippen molar-refractivity contribution in [1.29, 1.82) is 0 Å². The molecular formula is C13H14N2O2. The minimum atomic E-state index is -0.184. The van der Waals surface area contributed by atoms with Crippen molar-refractivity contribution < 1.29 is 9.53 Å². The summed E-state index contributed by atoms with van der Waals surface area (Å²) in [7, 11) is 0. The van der Waals surface area contributed by atoms with Crippen LogP contribution in [-0.4, -0.2) is 23.5 Å². The Morgan fingerprint density at radius 3 is 3.12 bits per heavy atom. The van der Waals surface area contributed by atoms with E-state index in [4.69, 9.17) is 4.74 Å². The largest absolute Gasteiger partial charge is 0.425 e. The Morgan fingerprint density at radius 2 is 2.29 bits per heavy atom. The van der Waals surface area contributed by atoms with Gasteiger partial charge in [-0.2, -0.15) is 0 Å². The predicted molar refractivity (Wildman–Crippen MR) is 65.0 cm³/mol. The zero-order valence-electron chi connectivity index (χ0n) is 9.40. The summed E-state index contributed by atoms with van der Waals surface area (Å²) in [6.45, 7) is 0.897. The number of carbonyl (C=O) groups excluding carboxylic acids is 1. The van der Waals surface area contributed by atoms with E-state index in [9.17, 15) is 4.79 Å². The first-order valence-corrected chi connectivity index (χ1v) is 5.86. The second kappa shape index (κ2) is 4.22. The lowest BCUT2D eigenvalue weighted by atomic mass is 10.2. The monoisotopic (exact) mass is 230 g/mol. The Morgan fingerprint density at radius 1 is 1.35 bits per heavy atom. The number of H-pyrrole nitrogens is 1. The smallest absolute Gasteiger partial charge is 0.328 e. The molecule has 0 aliphatic carbocycles. The Balaban J connectivity index is 1.84. The molecule has 0 spiro atoms. The molecule has 0 radical (unpaired) electrons. The second-order valence-corrected chi connectivity index (χ2v) is 4.27. The van der Waals surface area contributed by atoms with Crippen LogP contribution in [-0.2, 0) is 4.79 Å². The van der Waals surface area contributed by atoms with Crippen LogP contribution in [0.4, 0.5) is 0 Å². The Labute approximate surface area is 99.0 Å². The number of nitrogens with one attached hydrogen (secondary N) is 2. The standard InChI is InChI=1S/C13H14N2O2/c16-13(11-4-2-7-14-11)17-12-5-1-3-10-9(12)6-8-15-10/h1,3,5-6,8,11,14-15H,2,4,7H2/t11-/m0/s1. The highest BCUT2D eigenvalue weighted by Crippen LogP contribution is 2.25. The molecule has 4 heteroatoms. The molecule has 2 N–H and O–H groups in total. The molecule has 1 aliphatic rings. The maximum absolute atomic E-state index is 11.9. The van der Waals surface area contributed by atoms with E-state index in [0.29, 0.717) is 5.75 Å². The van der Waals surface area contributed by atoms with Gasteiger partial charge in [-0.3, -0.25) is 0 Å². The third kappa shape index (κ3) is 1.91. The minimum absolute atomic E-state index is 0.149. The number of fused-ring (bicyclic) bond motifs is 1. The maximum atomic E-state index is 11.9. The van der Waals surface area contributed by atoms with Gasteiger partial charge in [0.1, 0.15) is 11.8 Å². The molecule has 0 amide bonds. The summed E-state index contributed by atoms with van der Waals surface area (Å²) in [6.07, 6.45) is 3.74. The van der Waals surface area contributed by atoms with Gasteiger partial charge in [-0.15, -0.1) is 0 Å². The van der Waals surface area contributed by atoms with Crippen LogP contribution in [0.15, 0.2) is 30.5 Å². The number of hydrogen-bond acceptors (Lipinski definition) is 3. The maximum Gasteiger partial charge on any atom is 0.328 e. The molecule has 3 rings (SSSR count). The first-order chi connectivity index (χ1) is 8.34. The van der Waals surface area contributed by atoms with Gasteiger partial charge in [-0.05, 0) is 37.6 Å². The molecule has 2 heterocycles. The van der Waals surface area contributed by atoms with Gasteiger partial charge >= 0.3 is 5.97 Å². The van der Waals surface area contributed by atoms with Gasteiger partial charge in [0.25, 0.3) is 0 Å². The van der Waals surface area contributed by atoms with E-state index in [1.165, 1.54) is 0 Å². The number of aromatic amines is 1. The number of esters is 1. The van der Waals surface area contributed by atoms with E-state index in [1.807, 2.05) is 30.5 Å². The normalized spacial score (nSPS) is 19.6. The van der Waals surface area contributed by atoms with E-state index < -0.39 is 0 Å². The van der Waals surface area contributed by atoms with Gasteiger partial charge in [0, 0.05) is 17.1 Å². The average molecular weight is 230 g/mol. The zero-order valence-corrected chi connectivity index (χ0v) is 9.40. The van der Waals surface area contributed by atoms with Crippen molar-refractivity contribution in [3.05, 3.63) is 30.5 Å². The fraction of sp³-hybridized carbons (Fsp3) is 0.308. The van der Waals surface area contributed by atoms with E-state index >= 15 is 0 Å². The third-order valence-electron chi connectivity index (χ3n) is 3.11. The molecule has 0 bridgehead atoms. The fourth-order valence-electron chi connectivity index (χ4n) is 2.21. The lowest BCUT2D eigenvalue weighted by molar-refractivity contribution is -0.136. The van der Waals surface area contributed by atoms with Crippen LogP contribution in [0.5, 0.6) is 5.75 Å². The highest BCUT2D eigenvalue weighted by molar-refractivity contribution is 5.89. The van der Waals surface area contributed by atoms with Crippen LogP contribution < -0.4 is 10.1 Å². The summed E-state index contributed by atoms with van der Waals surface area (Å²) < 4.78 is 5.45. The topological polar surface area (TPSA) is 54.1 Å². The average Bonchev–Trinajstić information content (AvgIpc) is 3.00. The lowest BCUT2D eigenvalue weighted by Crippen LogP contribution is -2.34. The molecule has 1 atom stereocenters. The summed E-state index contributed by atoms with van der Waals surface area (Å²) in [5.41, 5.74) is 0.981. The molecule has 4 nitrogen and oxygen atoms in total. The van der Waals surface area contributed by atoms with E-state index in [2.05, 4.69) is 10.3 Å². The Kier molecular flexibility index (Phi) is 2.57. The Hall–Kier alpha value is -1.81. The lowest BCUT2D eigenvalue weighted by Gasteiger charge is -2.10. The Bertz CT molecular complexity index is 541. The SMILES string of the molecule is O=C(Oc1cccc2[nH]ccc12)[C@@H]1CCCN1. The van der Waals surface area contributed by atoms with E-state index in [-0.39, 0.29) is 12.0 Å². The van der Waals surface area contributed by atoms with Crippen LogP contribution in [0.3, 0.4) is 0 Å². The molecular weight excluding hydrogens is 216 g/mol. The number of benzene rings is 1. The zero-order chi connectivity index (χ0) is 11.7. The molecule has 88 valence electrons. The quantitative estimate of drug-likeness (QED) is 0.611. The van der Waals surface area contributed by atoms with E-state index in [0.717, 1.165) is 30.3 Å².